The molecule has 142 valence electrons. The highest BCUT2D eigenvalue weighted by molar-refractivity contribution is 6.30. The van der Waals surface area contributed by atoms with Crippen molar-refractivity contribution in [3.05, 3.63) is 47.4 Å². The van der Waals surface area contributed by atoms with Crippen molar-refractivity contribution in [2.24, 2.45) is 7.05 Å². The Kier molecular flexibility index (Phi) is 5.87. The van der Waals surface area contributed by atoms with Gasteiger partial charge in [-0.05, 0) is 37.5 Å². The minimum absolute atomic E-state index is 0. The Balaban J connectivity index is 0.00000210. The summed E-state index contributed by atoms with van der Waals surface area (Å²) < 4.78 is 1.87. The van der Waals surface area contributed by atoms with Crippen LogP contribution in [0.15, 0.2) is 36.8 Å². The van der Waals surface area contributed by atoms with Gasteiger partial charge in [0.2, 0.25) is 0 Å². The number of halogens is 2. The molecule has 4 rings (SSSR count). The van der Waals surface area contributed by atoms with Crippen molar-refractivity contribution in [3.8, 4) is 0 Å². The molecule has 1 aromatic carbocycles. The second-order valence-electron chi connectivity index (χ2n) is 6.56. The highest BCUT2D eigenvalue weighted by Crippen LogP contribution is 2.28. The van der Waals surface area contributed by atoms with Gasteiger partial charge in [-0.15, -0.1) is 12.4 Å². The molecule has 27 heavy (non-hydrogen) atoms. The maximum Gasteiger partial charge on any atom is 0.257 e. The normalized spacial score (nSPS) is 14.1. The van der Waals surface area contributed by atoms with Crippen molar-refractivity contribution in [1.82, 2.24) is 19.4 Å². The number of hydrogen-bond acceptors (Lipinski definition) is 4. The van der Waals surface area contributed by atoms with Gasteiger partial charge in [-0.2, -0.15) is 0 Å². The first-order valence-corrected chi connectivity index (χ1v) is 9.13. The van der Waals surface area contributed by atoms with E-state index >= 15 is 0 Å². The SMILES string of the molecule is Cl.Cn1cnc2c(Nc3cccc(Cl)c3)ncc(C(=O)N3CCCCC3)c21. The molecular formula is C19H21Cl2N5O. The standard InChI is InChI=1S/C19H20ClN5O.ClH/c1-24-12-22-16-17(24)15(19(26)25-8-3-2-4-9-25)11-21-18(16)23-14-7-5-6-13(20)10-14;/h5-7,10-12H,2-4,8-9H2,1H3,(H,21,23);1H. The quantitative estimate of drug-likeness (QED) is 0.700. The van der Waals surface area contributed by atoms with Gasteiger partial charge in [-0.3, -0.25) is 4.79 Å². The lowest BCUT2D eigenvalue weighted by Gasteiger charge is -2.27. The number of aromatic nitrogens is 3. The number of hydrogen-bond donors (Lipinski definition) is 1. The molecule has 0 radical (unpaired) electrons. The number of pyridine rings is 1. The van der Waals surface area contributed by atoms with Crippen LogP contribution in [0.5, 0.6) is 0 Å². The van der Waals surface area contributed by atoms with Crippen molar-refractivity contribution < 1.29 is 4.79 Å². The lowest BCUT2D eigenvalue weighted by atomic mass is 10.1. The molecule has 1 aliphatic heterocycles. The number of fused-ring (bicyclic) bond motifs is 1. The first-order valence-electron chi connectivity index (χ1n) is 8.75. The van der Waals surface area contributed by atoms with E-state index in [0.29, 0.717) is 21.9 Å². The van der Waals surface area contributed by atoms with Crippen LogP contribution in [0, 0.1) is 0 Å². The van der Waals surface area contributed by atoms with E-state index in [1.807, 2.05) is 40.8 Å². The Hall–Kier alpha value is -2.31. The summed E-state index contributed by atoms with van der Waals surface area (Å²) >= 11 is 6.06. The number of nitrogens with zero attached hydrogens (tertiary/aromatic N) is 4. The van der Waals surface area contributed by atoms with E-state index in [2.05, 4.69) is 15.3 Å². The Morgan fingerprint density at radius 2 is 1.96 bits per heavy atom. The van der Waals surface area contributed by atoms with E-state index in [1.165, 1.54) is 6.42 Å². The van der Waals surface area contributed by atoms with Crippen LogP contribution in [-0.2, 0) is 7.05 Å². The molecule has 0 unspecified atom stereocenters. The molecule has 0 bridgehead atoms. The number of aryl methyl sites for hydroxylation is 1. The van der Waals surface area contributed by atoms with E-state index in [0.717, 1.165) is 37.1 Å². The van der Waals surface area contributed by atoms with Crippen molar-refractivity contribution >= 4 is 52.5 Å². The molecule has 3 aromatic rings. The molecule has 2 aromatic heterocycles. The average Bonchev–Trinajstić information content (AvgIpc) is 3.05. The third-order valence-electron chi connectivity index (χ3n) is 4.70. The van der Waals surface area contributed by atoms with Crippen molar-refractivity contribution in [2.45, 2.75) is 19.3 Å². The molecule has 0 spiro atoms. The van der Waals surface area contributed by atoms with Gasteiger partial charge in [-0.25, -0.2) is 9.97 Å². The molecule has 1 aliphatic rings. The Morgan fingerprint density at radius 3 is 2.70 bits per heavy atom. The smallest absolute Gasteiger partial charge is 0.257 e. The van der Waals surface area contributed by atoms with Crippen molar-refractivity contribution in [1.29, 1.82) is 0 Å². The molecule has 1 fully saturated rings. The summed E-state index contributed by atoms with van der Waals surface area (Å²) in [5.74, 6) is 0.637. The van der Waals surface area contributed by atoms with Crippen LogP contribution in [0.3, 0.4) is 0 Å². The fourth-order valence-electron chi connectivity index (χ4n) is 3.39. The summed E-state index contributed by atoms with van der Waals surface area (Å²) in [5.41, 5.74) is 2.89. The maximum absolute atomic E-state index is 13.0. The lowest BCUT2D eigenvalue weighted by Crippen LogP contribution is -2.35. The topological polar surface area (TPSA) is 63.1 Å². The summed E-state index contributed by atoms with van der Waals surface area (Å²) in [6.45, 7) is 1.61. The second kappa shape index (κ2) is 8.15. The zero-order valence-corrected chi connectivity index (χ0v) is 16.6. The van der Waals surface area contributed by atoms with Gasteiger partial charge in [0.15, 0.2) is 5.82 Å². The molecule has 0 aliphatic carbocycles. The van der Waals surface area contributed by atoms with Gasteiger partial charge in [-0.1, -0.05) is 17.7 Å². The summed E-state index contributed by atoms with van der Waals surface area (Å²) in [4.78, 5) is 23.8. The van der Waals surface area contributed by atoms with Gasteiger partial charge in [0.25, 0.3) is 5.91 Å². The second-order valence-corrected chi connectivity index (χ2v) is 7.00. The number of amides is 1. The summed E-state index contributed by atoms with van der Waals surface area (Å²) in [6.07, 6.45) is 6.66. The number of piperidine rings is 1. The van der Waals surface area contributed by atoms with Crippen molar-refractivity contribution in [3.63, 3.8) is 0 Å². The van der Waals surface area contributed by atoms with Crippen LogP contribution in [0.1, 0.15) is 29.6 Å². The van der Waals surface area contributed by atoms with Gasteiger partial charge >= 0.3 is 0 Å². The number of rotatable bonds is 3. The van der Waals surface area contributed by atoms with Crippen LogP contribution in [0.25, 0.3) is 11.0 Å². The first-order chi connectivity index (χ1) is 12.6. The third kappa shape index (κ3) is 3.87. The predicted molar refractivity (Wildman–Crippen MR) is 110 cm³/mol. The van der Waals surface area contributed by atoms with Crippen LogP contribution in [0.4, 0.5) is 11.5 Å². The van der Waals surface area contributed by atoms with Gasteiger partial charge < -0.3 is 14.8 Å². The highest BCUT2D eigenvalue weighted by atomic mass is 35.5. The minimum Gasteiger partial charge on any atom is -0.339 e. The number of likely N-dealkylation sites (tertiary alicyclic amines) is 1. The molecule has 1 N–H and O–H groups in total. The van der Waals surface area contributed by atoms with Crippen LogP contribution >= 0.6 is 24.0 Å². The van der Waals surface area contributed by atoms with E-state index in [9.17, 15) is 4.79 Å². The molecule has 1 amide bonds. The fraction of sp³-hybridized carbons (Fsp3) is 0.316. The van der Waals surface area contributed by atoms with Gasteiger partial charge in [0, 0.05) is 37.0 Å². The molecule has 0 saturated carbocycles. The number of carbonyl (C=O) groups excluding carboxylic acids is 1. The summed E-state index contributed by atoms with van der Waals surface area (Å²) in [5, 5.41) is 3.89. The minimum atomic E-state index is 0. The van der Waals surface area contributed by atoms with Crippen LogP contribution in [-0.4, -0.2) is 38.4 Å². The first kappa shape index (κ1) is 19.5. The molecule has 0 atom stereocenters. The molecule has 3 heterocycles. The van der Waals surface area contributed by atoms with Crippen LogP contribution < -0.4 is 5.32 Å². The van der Waals surface area contributed by atoms with Crippen molar-refractivity contribution in [2.75, 3.05) is 18.4 Å². The summed E-state index contributed by atoms with van der Waals surface area (Å²) in [6, 6.07) is 7.42. The molecular weight excluding hydrogens is 385 g/mol. The maximum atomic E-state index is 13.0. The number of anilines is 2. The molecule has 6 nitrogen and oxygen atoms in total. The monoisotopic (exact) mass is 405 g/mol. The zero-order valence-electron chi connectivity index (χ0n) is 15.0. The molecule has 8 heteroatoms. The lowest BCUT2D eigenvalue weighted by molar-refractivity contribution is 0.0725. The average molecular weight is 406 g/mol. The largest absolute Gasteiger partial charge is 0.339 e. The number of nitrogens with one attached hydrogen (secondary N) is 1. The number of imidazole rings is 1. The fourth-order valence-corrected chi connectivity index (χ4v) is 3.58. The van der Waals surface area contributed by atoms with E-state index in [-0.39, 0.29) is 18.3 Å². The Morgan fingerprint density at radius 1 is 1.19 bits per heavy atom. The van der Waals surface area contributed by atoms with E-state index < -0.39 is 0 Å². The predicted octanol–water partition coefficient (Wildman–Crippen LogP) is 4.41. The van der Waals surface area contributed by atoms with E-state index in [4.69, 9.17) is 11.6 Å². The van der Waals surface area contributed by atoms with Gasteiger partial charge in [0.05, 0.1) is 17.4 Å². The zero-order chi connectivity index (χ0) is 18.1. The summed E-state index contributed by atoms with van der Waals surface area (Å²) in [7, 11) is 1.89. The van der Waals surface area contributed by atoms with Gasteiger partial charge in [0.1, 0.15) is 5.52 Å². The molecule has 1 saturated heterocycles. The number of carbonyl (C=O) groups is 1. The number of benzene rings is 1. The Bertz CT molecular complexity index is 966. The Labute approximate surface area is 169 Å². The highest BCUT2D eigenvalue weighted by Gasteiger charge is 2.23. The van der Waals surface area contributed by atoms with E-state index in [1.54, 1.807) is 12.5 Å². The van der Waals surface area contributed by atoms with Crippen LogP contribution in [0.2, 0.25) is 5.02 Å². The third-order valence-corrected chi connectivity index (χ3v) is 4.94.